The van der Waals surface area contributed by atoms with Gasteiger partial charge in [-0.15, -0.1) is 12.3 Å². The number of esters is 1. The van der Waals surface area contributed by atoms with Gasteiger partial charge in [-0.3, -0.25) is 4.79 Å². The number of carbonyl (C=O) groups is 1. The molecule has 29 heavy (non-hydrogen) atoms. The molecule has 2 fully saturated rings. The Morgan fingerprint density at radius 3 is 2.72 bits per heavy atom. The minimum absolute atomic E-state index is 0.195. The van der Waals surface area contributed by atoms with Crippen LogP contribution >= 0.6 is 0 Å². The molecule has 0 spiro atoms. The highest BCUT2D eigenvalue weighted by Crippen LogP contribution is 2.38. The normalized spacial score (nSPS) is 31.7. The molecule has 6 nitrogen and oxygen atoms in total. The summed E-state index contributed by atoms with van der Waals surface area (Å²) in [6, 6.07) is 9.71. The van der Waals surface area contributed by atoms with E-state index < -0.39 is 24.8 Å². The molecule has 2 saturated heterocycles. The van der Waals surface area contributed by atoms with Gasteiger partial charge in [-0.2, -0.15) is 0 Å². The van der Waals surface area contributed by atoms with E-state index in [2.05, 4.69) is 5.92 Å². The minimum Gasteiger partial charge on any atom is -0.459 e. The summed E-state index contributed by atoms with van der Waals surface area (Å²) in [7, 11) is 0. The molecule has 0 aliphatic carbocycles. The van der Waals surface area contributed by atoms with Gasteiger partial charge in [0.1, 0.15) is 18.3 Å². The van der Waals surface area contributed by atoms with Crippen LogP contribution in [0.4, 0.5) is 0 Å². The number of hydrogen-bond acceptors (Lipinski definition) is 6. The van der Waals surface area contributed by atoms with Gasteiger partial charge in [-0.05, 0) is 6.42 Å². The van der Waals surface area contributed by atoms with E-state index in [0.717, 1.165) is 12.0 Å². The van der Waals surface area contributed by atoms with Crippen molar-refractivity contribution in [3.8, 4) is 12.3 Å². The van der Waals surface area contributed by atoms with Gasteiger partial charge >= 0.3 is 5.97 Å². The van der Waals surface area contributed by atoms with Crippen LogP contribution < -0.4 is 0 Å². The Labute approximate surface area is 172 Å². The molecule has 0 bridgehead atoms. The second-order valence-corrected chi connectivity index (χ2v) is 7.81. The van der Waals surface area contributed by atoms with E-state index in [4.69, 9.17) is 30.1 Å². The molecule has 0 radical (unpaired) electrons. The molecule has 6 atom stereocenters. The predicted molar refractivity (Wildman–Crippen MR) is 107 cm³/mol. The monoisotopic (exact) mass is 402 g/mol. The van der Waals surface area contributed by atoms with Crippen molar-refractivity contribution in [2.24, 2.45) is 11.8 Å². The molecular formula is C23H30O6. The molecule has 2 aliphatic heterocycles. The number of benzene rings is 1. The zero-order valence-electron chi connectivity index (χ0n) is 17.3. The van der Waals surface area contributed by atoms with Crippen LogP contribution in [0.2, 0.25) is 0 Å². The van der Waals surface area contributed by atoms with E-state index >= 15 is 0 Å². The molecule has 0 aromatic heterocycles. The van der Waals surface area contributed by atoms with Crippen molar-refractivity contribution in [3.63, 3.8) is 0 Å². The molecule has 1 aromatic carbocycles. The molecule has 158 valence electrons. The summed E-state index contributed by atoms with van der Waals surface area (Å²) in [5.41, 5.74) is 0.917. The Hall–Kier alpha value is -1.91. The second-order valence-electron chi connectivity index (χ2n) is 7.81. The molecule has 0 amide bonds. The van der Waals surface area contributed by atoms with E-state index in [1.165, 1.54) is 0 Å². The van der Waals surface area contributed by atoms with E-state index in [1.54, 1.807) is 0 Å². The largest absolute Gasteiger partial charge is 0.459 e. The Morgan fingerprint density at radius 2 is 2.03 bits per heavy atom. The quantitative estimate of drug-likeness (QED) is 0.395. The van der Waals surface area contributed by atoms with E-state index in [0.29, 0.717) is 19.6 Å². The van der Waals surface area contributed by atoms with E-state index in [-0.39, 0.29) is 23.9 Å². The molecule has 6 heteroatoms. The molecule has 1 aromatic rings. The Kier molecular flexibility index (Phi) is 7.68. The number of unbranched alkanes of at least 4 members (excludes halogenated alkanes) is 1. The molecule has 3 rings (SSSR count). The lowest BCUT2D eigenvalue weighted by atomic mass is 9.91. The maximum absolute atomic E-state index is 12.4. The van der Waals surface area contributed by atoms with Crippen LogP contribution in [0.1, 0.15) is 45.5 Å². The SMILES string of the molecule is C#CCCCO[C@@H]1O[C@@H]2COC(c3ccccc3)O[C@@H]2[C@H](OC(=O)C(C)C)[C@H]1C. The number of carbonyl (C=O) groups excluding carboxylic acids is 1. The zero-order valence-corrected chi connectivity index (χ0v) is 17.3. The predicted octanol–water partition coefficient (Wildman–Crippen LogP) is 3.46. The first-order valence-corrected chi connectivity index (χ1v) is 10.2. The Bertz CT molecular complexity index is 697. The van der Waals surface area contributed by atoms with Crippen LogP contribution in [0.5, 0.6) is 0 Å². The van der Waals surface area contributed by atoms with Crippen molar-refractivity contribution in [1.82, 2.24) is 0 Å². The van der Waals surface area contributed by atoms with Gasteiger partial charge in [0.2, 0.25) is 0 Å². The van der Waals surface area contributed by atoms with Gasteiger partial charge in [0.15, 0.2) is 12.6 Å². The summed E-state index contributed by atoms with van der Waals surface area (Å²) >= 11 is 0. The van der Waals surface area contributed by atoms with Crippen molar-refractivity contribution in [2.45, 2.75) is 64.5 Å². The van der Waals surface area contributed by atoms with Crippen molar-refractivity contribution < 1.29 is 28.5 Å². The first-order chi connectivity index (χ1) is 14.0. The average Bonchev–Trinajstić information content (AvgIpc) is 2.74. The number of ether oxygens (including phenoxy) is 5. The number of fused-ring (bicyclic) bond motifs is 1. The van der Waals surface area contributed by atoms with Crippen LogP contribution in [0.15, 0.2) is 30.3 Å². The standard InChI is InChI=1S/C23H30O6/c1-5-6-10-13-25-22-16(4)19(28-21(24)15(2)3)20-18(27-22)14-26-23(29-20)17-11-8-7-9-12-17/h1,7-9,11-12,15-16,18-20,22-23H,6,10,13-14H2,2-4H3/t16-,18-,19-,20+,22-,23?/m1/s1. The van der Waals surface area contributed by atoms with Crippen LogP contribution in [0.25, 0.3) is 0 Å². The Balaban J connectivity index is 1.74. The lowest BCUT2D eigenvalue weighted by molar-refractivity contribution is -0.352. The highest BCUT2D eigenvalue weighted by molar-refractivity contribution is 5.71. The average molecular weight is 402 g/mol. The number of rotatable bonds is 7. The third-order valence-electron chi connectivity index (χ3n) is 5.18. The zero-order chi connectivity index (χ0) is 20.8. The van der Waals surface area contributed by atoms with E-state index in [9.17, 15) is 4.79 Å². The lowest BCUT2D eigenvalue weighted by Gasteiger charge is -2.48. The van der Waals surface area contributed by atoms with Crippen molar-refractivity contribution in [1.29, 1.82) is 0 Å². The third-order valence-corrected chi connectivity index (χ3v) is 5.18. The summed E-state index contributed by atoms with van der Waals surface area (Å²) in [5.74, 6) is 1.91. The summed E-state index contributed by atoms with van der Waals surface area (Å²) in [4.78, 5) is 12.4. The summed E-state index contributed by atoms with van der Waals surface area (Å²) in [5, 5.41) is 0. The topological polar surface area (TPSA) is 63.2 Å². The van der Waals surface area contributed by atoms with Crippen LogP contribution in [0.3, 0.4) is 0 Å². The van der Waals surface area contributed by atoms with Crippen LogP contribution in [0, 0.1) is 24.2 Å². The fourth-order valence-electron chi connectivity index (χ4n) is 3.50. The molecule has 2 aliphatic rings. The number of hydrogen-bond donors (Lipinski definition) is 0. The maximum atomic E-state index is 12.4. The molecule has 2 heterocycles. The van der Waals surface area contributed by atoms with Crippen molar-refractivity contribution in [3.05, 3.63) is 35.9 Å². The second kappa shape index (κ2) is 10.2. The first-order valence-electron chi connectivity index (χ1n) is 10.2. The highest BCUT2D eigenvalue weighted by Gasteiger charge is 2.50. The number of terminal acetylenes is 1. The van der Waals surface area contributed by atoms with Crippen molar-refractivity contribution in [2.75, 3.05) is 13.2 Å². The fraction of sp³-hybridized carbons (Fsp3) is 0.609. The van der Waals surface area contributed by atoms with Crippen LogP contribution in [-0.2, 0) is 28.5 Å². The van der Waals surface area contributed by atoms with Gasteiger partial charge in [-0.1, -0.05) is 51.1 Å². The molecule has 0 N–H and O–H groups in total. The van der Waals surface area contributed by atoms with Crippen molar-refractivity contribution >= 4 is 5.97 Å². The Morgan fingerprint density at radius 1 is 1.28 bits per heavy atom. The molecule has 0 saturated carbocycles. The summed E-state index contributed by atoms with van der Waals surface area (Å²) in [6.07, 6.45) is 4.35. The maximum Gasteiger partial charge on any atom is 0.308 e. The molecule has 1 unspecified atom stereocenters. The molecular weight excluding hydrogens is 372 g/mol. The third kappa shape index (κ3) is 5.37. The van der Waals surface area contributed by atoms with Gasteiger partial charge < -0.3 is 23.7 Å². The summed E-state index contributed by atoms with van der Waals surface area (Å²) < 4.78 is 30.0. The highest BCUT2D eigenvalue weighted by atomic mass is 16.8. The summed E-state index contributed by atoms with van der Waals surface area (Å²) in [6.45, 7) is 6.40. The van der Waals surface area contributed by atoms with Gasteiger partial charge in [-0.25, -0.2) is 0 Å². The van der Waals surface area contributed by atoms with E-state index in [1.807, 2.05) is 51.1 Å². The van der Waals surface area contributed by atoms with Gasteiger partial charge in [0.05, 0.1) is 19.1 Å². The minimum atomic E-state index is -0.526. The smallest absolute Gasteiger partial charge is 0.308 e. The van der Waals surface area contributed by atoms with Gasteiger partial charge in [0, 0.05) is 17.9 Å². The first kappa shape index (κ1) is 21.8. The fourth-order valence-corrected chi connectivity index (χ4v) is 3.50. The lowest BCUT2D eigenvalue weighted by Crippen LogP contribution is -2.60. The van der Waals surface area contributed by atoms with Crippen LogP contribution in [-0.4, -0.2) is 43.8 Å². The van der Waals surface area contributed by atoms with Gasteiger partial charge in [0.25, 0.3) is 0 Å².